The van der Waals surface area contributed by atoms with Gasteiger partial charge in [-0.2, -0.15) is 0 Å². The Morgan fingerprint density at radius 1 is 1.43 bits per heavy atom. The van der Waals surface area contributed by atoms with E-state index in [0.717, 1.165) is 50.7 Å². The zero-order valence-corrected chi connectivity index (χ0v) is 15.0. The number of likely N-dealkylation sites (tertiary alicyclic amines) is 1. The highest BCUT2D eigenvalue weighted by Gasteiger charge is 2.31. The molecule has 2 rings (SSSR count). The number of guanidine groups is 1. The van der Waals surface area contributed by atoms with E-state index in [0.29, 0.717) is 18.0 Å². The van der Waals surface area contributed by atoms with Gasteiger partial charge in [-0.1, -0.05) is 13.8 Å². The smallest absolute Gasteiger partial charge is 0.191 e. The molecule has 0 amide bonds. The molecule has 0 radical (unpaired) electrons. The minimum absolute atomic E-state index is 0.462. The molecule has 0 aliphatic carbocycles. The average Bonchev–Trinajstić information content (AvgIpc) is 3.15. The van der Waals surface area contributed by atoms with Crippen LogP contribution in [0.4, 0.5) is 0 Å². The van der Waals surface area contributed by atoms with Gasteiger partial charge in [0.05, 0.1) is 6.26 Å². The summed E-state index contributed by atoms with van der Waals surface area (Å²) >= 11 is 0. The molecule has 2 N–H and O–H groups in total. The van der Waals surface area contributed by atoms with Crippen molar-refractivity contribution in [3.8, 4) is 0 Å². The van der Waals surface area contributed by atoms with E-state index in [1.165, 1.54) is 0 Å². The van der Waals surface area contributed by atoms with Crippen LogP contribution in [0.2, 0.25) is 0 Å². The van der Waals surface area contributed by atoms with Crippen molar-refractivity contribution in [2.45, 2.75) is 52.6 Å². The Bertz CT molecular complexity index is 469. The summed E-state index contributed by atoms with van der Waals surface area (Å²) < 4.78 is 5.38. The van der Waals surface area contributed by atoms with E-state index in [4.69, 9.17) is 4.42 Å². The third kappa shape index (κ3) is 5.57. The van der Waals surface area contributed by atoms with Crippen LogP contribution >= 0.6 is 0 Å². The molecule has 0 aromatic carbocycles. The van der Waals surface area contributed by atoms with Gasteiger partial charge in [-0.05, 0) is 38.3 Å². The van der Waals surface area contributed by atoms with Crippen molar-refractivity contribution in [2.75, 3.05) is 26.2 Å². The lowest BCUT2D eigenvalue weighted by atomic mass is 10.1. The first-order valence-corrected chi connectivity index (χ1v) is 8.91. The lowest BCUT2D eigenvalue weighted by molar-refractivity contribution is 0.265. The molecule has 2 heterocycles. The Balaban J connectivity index is 1.85. The van der Waals surface area contributed by atoms with Gasteiger partial charge in [0.1, 0.15) is 5.76 Å². The molecule has 1 aliphatic rings. The number of nitrogens with one attached hydrogen (secondary N) is 2. The molecule has 5 heteroatoms. The highest BCUT2D eigenvalue weighted by molar-refractivity contribution is 5.80. The third-order valence-corrected chi connectivity index (χ3v) is 4.43. The van der Waals surface area contributed by atoms with Gasteiger partial charge in [0.25, 0.3) is 0 Å². The van der Waals surface area contributed by atoms with Gasteiger partial charge in [-0.3, -0.25) is 9.89 Å². The fourth-order valence-corrected chi connectivity index (χ4v) is 2.92. The van der Waals surface area contributed by atoms with Crippen molar-refractivity contribution in [2.24, 2.45) is 10.9 Å². The first kappa shape index (κ1) is 17.9. The van der Waals surface area contributed by atoms with Crippen molar-refractivity contribution in [1.29, 1.82) is 0 Å². The molecule has 1 aromatic heterocycles. The molecule has 0 bridgehead atoms. The molecule has 2 unspecified atom stereocenters. The Hall–Kier alpha value is -1.49. The number of rotatable bonds is 7. The maximum Gasteiger partial charge on any atom is 0.191 e. The number of aliphatic imine (C=N–C) groups is 1. The van der Waals surface area contributed by atoms with Gasteiger partial charge < -0.3 is 15.1 Å². The second-order valence-corrected chi connectivity index (χ2v) is 6.76. The van der Waals surface area contributed by atoms with Crippen LogP contribution in [0.1, 0.15) is 39.9 Å². The highest BCUT2D eigenvalue weighted by atomic mass is 16.3. The van der Waals surface area contributed by atoms with Crippen molar-refractivity contribution in [3.05, 3.63) is 24.2 Å². The Morgan fingerprint density at radius 2 is 2.26 bits per heavy atom. The highest BCUT2D eigenvalue weighted by Crippen LogP contribution is 2.18. The fourth-order valence-electron chi connectivity index (χ4n) is 2.92. The summed E-state index contributed by atoms with van der Waals surface area (Å²) in [7, 11) is 0. The van der Waals surface area contributed by atoms with Gasteiger partial charge in [0.15, 0.2) is 5.96 Å². The van der Waals surface area contributed by atoms with E-state index in [2.05, 4.69) is 48.2 Å². The van der Waals surface area contributed by atoms with Gasteiger partial charge in [-0.25, -0.2) is 0 Å². The molecule has 130 valence electrons. The summed E-state index contributed by atoms with van der Waals surface area (Å²) in [6.07, 6.45) is 3.65. The predicted molar refractivity (Wildman–Crippen MR) is 95.8 cm³/mol. The number of hydrogen-bond acceptors (Lipinski definition) is 3. The van der Waals surface area contributed by atoms with Crippen molar-refractivity contribution < 1.29 is 4.42 Å². The molecule has 0 spiro atoms. The van der Waals surface area contributed by atoms with Crippen LogP contribution in [0.15, 0.2) is 27.8 Å². The largest absolute Gasteiger partial charge is 0.469 e. The number of furan rings is 1. The number of hydrogen-bond donors (Lipinski definition) is 2. The molecule has 1 fully saturated rings. The summed E-state index contributed by atoms with van der Waals surface area (Å²) in [6, 6.07) is 5.01. The second-order valence-electron chi connectivity index (χ2n) is 6.76. The minimum Gasteiger partial charge on any atom is -0.469 e. The first-order chi connectivity index (χ1) is 11.1. The van der Waals surface area contributed by atoms with E-state index >= 15 is 0 Å². The summed E-state index contributed by atoms with van der Waals surface area (Å²) in [6.45, 7) is 12.9. The Labute approximate surface area is 140 Å². The van der Waals surface area contributed by atoms with E-state index in [1.807, 2.05) is 12.1 Å². The standard InChI is InChI=1S/C18H32N4O/c1-5-9-19-18(20-10-8-16-7-6-11-23-16)21-17-13-22(14(2)3)12-15(17)4/h6-7,11,14-15,17H,5,8-10,12-13H2,1-4H3,(H2,19,20,21). The van der Waals surface area contributed by atoms with Crippen LogP contribution in [0.3, 0.4) is 0 Å². The molecule has 1 saturated heterocycles. The van der Waals surface area contributed by atoms with E-state index in [9.17, 15) is 0 Å². The maximum absolute atomic E-state index is 5.38. The molecule has 23 heavy (non-hydrogen) atoms. The van der Waals surface area contributed by atoms with E-state index in [1.54, 1.807) is 6.26 Å². The van der Waals surface area contributed by atoms with Crippen LogP contribution in [-0.4, -0.2) is 49.1 Å². The van der Waals surface area contributed by atoms with Gasteiger partial charge >= 0.3 is 0 Å². The summed E-state index contributed by atoms with van der Waals surface area (Å²) in [5, 5.41) is 7.08. The normalized spacial score (nSPS) is 22.7. The van der Waals surface area contributed by atoms with Crippen molar-refractivity contribution in [1.82, 2.24) is 15.5 Å². The monoisotopic (exact) mass is 320 g/mol. The molecule has 5 nitrogen and oxygen atoms in total. The fraction of sp³-hybridized carbons (Fsp3) is 0.722. The zero-order valence-electron chi connectivity index (χ0n) is 15.0. The number of nitrogens with zero attached hydrogens (tertiary/aromatic N) is 2. The van der Waals surface area contributed by atoms with Crippen molar-refractivity contribution in [3.63, 3.8) is 0 Å². The van der Waals surface area contributed by atoms with Gasteiger partial charge in [0, 0.05) is 44.7 Å². The topological polar surface area (TPSA) is 52.8 Å². The summed E-state index contributed by atoms with van der Waals surface area (Å²) in [5.41, 5.74) is 0. The Morgan fingerprint density at radius 3 is 2.87 bits per heavy atom. The van der Waals surface area contributed by atoms with Crippen LogP contribution in [0.25, 0.3) is 0 Å². The van der Waals surface area contributed by atoms with E-state index in [-0.39, 0.29) is 0 Å². The lowest BCUT2D eigenvalue weighted by Gasteiger charge is -2.22. The Kier molecular flexibility index (Phi) is 6.96. The van der Waals surface area contributed by atoms with Crippen LogP contribution in [-0.2, 0) is 6.42 Å². The van der Waals surface area contributed by atoms with Crippen LogP contribution in [0, 0.1) is 5.92 Å². The molecular weight excluding hydrogens is 288 g/mol. The van der Waals surface area contributed by atoms with Gasteiger partial charge in [-0.15, -0.1) is 0 Å². The van der Waals surface area contributed by atoms with Crippen molar-refractivity contribution >= 4 is 5.96 Å². The average molecular weight is 320 g/mol. The van der Waals surface area contributed by atoms with E-state index < -0.39 is 0 Å². The maximum atomic E-state index is 5.38. The lowest BCUT2D eigenvalue weighted by Crippen LogP contribution is -2.47. The molecular formula is C18H32N4O. The third-order valence-electron chi connectivity index (χ3n) is 4.43. The second kappa shape index (κ2) is 8.96. The summed E-state index contributed by atoms with van der Waals surface area (Å²) in [4.78, 5) is 7.20. The zero-order chi connectivity index (χ0) is 16.7. The van der Waals surface area contributed by atoms with Gasteiger partial charge in [0.2, 0.25) is 0 Å². The minimum atomic E-state index is 0.462. The molecule has 1 aromatic rings. The molecule has 0 saturated carbocycles. The van der Waals surface area contributed by atoms with Crippen LogP contribution in [0.5, 0.6) is 0 Å². The molecule has 2 atom stereocenters. The first-order valence-electron chi connectivity index (χ1n) is 8.91. The predicted octanol–water partition coefficient (Wildman–Crippen LogP) is 2.50. The molecule has 1 aliphatic heterocycles. The SMILES string of the molecule is CCCN=C(NCCc1ccco1)NC1CN(C(C)C)CC1C. The quantitative estimate of drug-likeness (QED) is 0.599. The van der Waals surface area contributed by atoms with Crippen LogP contribution < -0.4 is 10.6 Å². The summed E-state index contributed by atoms with van der Waals surface area (Å²) in [5.74, 6) is 2.57.